The monoisotopic (exact) mass is 368 g/mol. The Bertz CT molecular complexity index is 691. The van der Waals surface area contributed by atoms with Crippen LogP contribution in [-0.4, -0.2) is 18.2 Å². The van der Waals surface area contributed by atoms with E-state index in [-0.39, 0.29) is 18.2 Å². The van der Waals surface area contributed by atoms with Crippen LogP contribution in [0.4, 0.5) is 0 Å². The van der Waals surface area contributed by atoms with Gasteiger partial charge in [-0.05, 0) is 55.2 Å². The molecule has 0 bridgehead atoms. The summed E-state index contributed by atoms with van der Waals surface area (Å²) in [6.45, 7) is 8.62. The molecule has 0 radical (unpaired) electrons. The van der Waals surface area contributed by atoms with Crippen molar-refractivity contribution in [1.82, 2.24) is 0 Å². The number of rotatable bonds is 5. The van der Waals surface area contributed by atoms with Gasteiger partial charge in [-0.1, -0.05) is 63.6 Å². The summed E-state index contributed by atoms with van der Waals surface area (Å²) in [5, 5.41) is 0. The number of carbonyl (C=O) groups is 1. The second kappa shape index (κ2) is 8.33. The molecular weight excluding hydrogens is 336 g/mol. The van der Waals surface area contributed by atoms with Crippen LogP contribution in [-0.2, 0) is 14.3 Å². The Hall–Kier alpha value is -2.03. The summed E-state index contributed by atoms with van der Waals surface area (Å²) in [4.78, 5) is 13.1. The van der Waals surface area contributed by atoms with Gasteiger partial charge in [0.15, 0.2) is 0 Å². The van der Waals surface area contributed by atoms with Crippen LogP contribution in [0.3, 0.4) is 0 Å². The highest BCUT2D eigenvalue weighted by molar-refractivity contribution is 5.81. The molecule has 0 saturated heterocycles. The van der Waals surface area contributed by atoms with Gasteiger partial charge in [-0.2, -0.15) is 0 Å². The number of hydrogen-bond acceptors (Lipinski definition) is 3. The van der Waals surface area contributed by atoms with Crippen molar-refractivity contribution in [3.8, 4) is 0 Å². The maximum atomic E-state index is 13.1. The zero-order valence-corrected chi connectivity index (χ0v) is 16.9. The van der Waals surface area contributed by atoms with E-state index in [9.17, 15) is 4.79 Å². The van der Waals surface area contributed by atoms with Gasteiger partial charge in [0.2, 0.25) is 0 Å². The number of ether oxygens (including phenoxy) is 2. The maximum absolute atomic E-state index is 13.1. The first-order valence-electron chi connectivity index (χ1n) is 10.2. The Morgan fingerprint density at radius 3 is 2.70 bits per heavy atom. The molecule has 1 aromatic carbocycles. The molecule has 146 valence electrons. The quantitative estimate of drug-likeness (QED) is 0.633. The van der Waals surface area contributed by atoms with E-state index in [0.717, 1.165) is 18.4 Å². The summed E-state index contributed by atoms with van der Waals surface area (Å²) in [5.74, 6) is 1.39. The first kappa shape index (κ1) is 19.7. The molecule has 2 aliphatic rings. The highest BCUT2D eigenvalue weighted by Crippen LogP contribution is 2.39. The van der Waals surface area contributed by atoms with E-state index in [1.165, 1.54) is 6.42 Å². The van der Waals surface area contributed by atoms with Crippen molar-refractivity contribution in [2.75, 3.05) is 0 Å². The van der Waals surface area contributed by atoms with Crippen molar-refractivity contribution in [3.63, 3.8) is 0 Å². The van der Waals surface area contributed by atoms with Gasteiger partial charge in [0, 0.05) is 0 Å². The topological polar surface area (TPSA) is 35.5 Å². The molecule has 1 aromatic rings. The lowest BCUT2D eigenvalue weighted by Crippen LogP contribution is -2.42. The van der Waals surface area contributed by atoms with Crippen LogP contribution in [0, 0.1) is 23.2 Å². The lowest BCUT2D eigenvalue weighted by Gasteiger charge is -2.38. The highest BCUT2D eigenvalue weighted by Gasteiger charge is 2.46. The fourth-order valence-corrected chi connectivity index (χ4v) is 4.21. The van der Waals surface area contributed by atoms with Gasteiger partial charge in [0.05, 0.1) is 6.26 Å². The Morgan fingerprint density at radius 2 is 2.00 bits per heavy atom. The minimum Gasteiger partial charge on any atom is -0.493 e. The van der Waals surface area contributed by atoms with E-state index in [2.05, 4.69) is 20.8 Å². The van der Waals surface area contributed by atoms with Crippen LogP contribution in [0.1, 0.15) is 52.5 Å². The summed E-state index contributed by atoms with van der Waals surface area (Å²) in [6.07, 6.45) is 10.4. The molecule has 5 atom stereocenters. The van der Waals surface area contributed by atoms with Crippen LogP contribution in [0.2, 0.25) is 0 Å². The summed E-state index contributed by atoms with van der Waals surface area (Å²) < 4.78 is 11.8. The minimum absolute atomic E-state index is 0.00540. The van der Waals surface area contributed by atoms with Crippen molar-refractivity contribution in [1.29, 1.82) is 0 Å². The lowest BCUT2D eigenvalue weighted by atomic mass is 9.75. The molecule has 1 heterocycles. The number of benzene rings is 1. The lowest BCUT2D eigenvalue weighted by molar-refractivity contribution is -0.167. The molecule has 1 aliphatic carbocycles. The van der Waals surface area contributed by atoms with Crippen molar-refractivity contribution < 1.29 is 14.3 Å². The number of hydrogen-bond donors (Lipinski definition) is 0. The molecule has 1 aliphatic heterocycles. The molecule has 3 rings (SSSR count). The molecule has 3 heteroatoms. The normalized spacial score (nSPS) is 33.4. The van der Waals surface area contributed by atoms with Crippen molar-refractivity contribution >= 4 is 12.0 Å². The smallest absolute Gasteiger partial charge is 0.320 e. The van der Waals surface area contributed by atoms with Crippen LogP contribution in [0.15, 0.2) is 48.7 Å². The first-order chi connectivity index (χ1) is 12.9. The first-order valence-corrected chi connectivity index (χ1v) is 10.2. The molecular formula is C24H32O3. The van der Waals surface area contributed by atoms with Gasteiger partial charge >= 0.3 is 5.97 Å². The average Bonchev–Trinajstić information content (AvgIpc) is 3.02. The summed E-state index contributed by atoms with van der Waals surface area (Å²) in [5.41, 5.74) is 0.303. The third kappa shape index (κ3) is 4.45. The highest BCUT2D eigenvalue weighted by atomic mass is 16.6. The standard InChI is InChI=1S/C24H32O3/c1-17(2)20-12-10-18(3)16-21(20)27-23(25)24(4)14-15-26-22(24)13-11-19-8-6-5-7-9-19/h5-9,11,13-15,17-18,20-22H,10,12,16H2,1-4H3/b13-11+/t18-,20+,21-,22+,24+/m1/s1. The molecule has 27 heavy (non-hydrogen) atoms. The Balaban J connectivity index is 1.71. The summed E-state index contributed by atoms with van der Waals surface area (Å²) in [6, 6.07) is 10.0. The minimum atomic E-state index is -0.784. The Morgan fingerprint density at radius 1 is 1.26 bits per heavy atom. The van der Waals surface area contributed by atoms with Crippen molar-refractivity contribution in [2.45, 2.75) is 59.2 Å². The van der Waals surface area contributed by atoms with Gasteiger partial charge < -0.3 is 9.47 Å². The fraction of sp³-hybridized carbons (Fsp3) is 0.542. The van der Waals surface area contributed by atoms with Gasteiger partial charge in [-0.25, -0.2) is 0 Å². The van der Waals surface area contributed by atoms with Crippen molar-refractivity contribution in [2.24, 2.45) is 23.2 Å². The van der Waals surface area contributed by atoms with Crippen LogP contribution in [0.5, 0.6) is 0 Å². The van der Waals surface area contributed by atoms with Crippen LogP contribution < -0.4 is 0 Å². The molecule has 1 fully saturated rings. The Labute approximate surface area is 163 Å². The largest absolute Gasteiger partial charge is 0.493 e. The Kier molecular flexibility index (Phi) is 6.08. The summed E-state index contributed by atoms with van der Waals surface area (Å²) >= 11 is 0. The van der Waals surface area contributed by atoms with E-state index < -0.39 is 5.41 Å². The third-order valence-electron chi connectivity index (χ3n) is 6.15. The van der Waals surface area contributed by atoms with E-state index in [1.807, 2.05) is 55.5 Å². The molecule has 0 amide bonds. The van der Waals surface area contributed by atoms with Gasteiger partial charge in [0.25, 0.3) is 0 Å². The summed E-state index contributed by atoms with van der Waals surface area (Å²) in [7, 11) is 0. The fourth-order valence-electron chi connectivity index (χ4n) is 4.21. The molecule has 3 nitrogen and oxygen atoms in total. The molecule has 0 aromatic heterocycles. The second-order valence-electron chi connectivity index (χ2n) is 8.68. The van der Waals surface area contributed by atoms with Gasteiger partial charge in [0.1, 0.15) is 17.6 Å². The number of carbonyl (C=O) groups excluding carboxylic acids is 1. The molecule has 1 saturated carbocycles. The predicted octanol–water partition coefficient (Wildman–Crippen LogP) is 5.62. The van der Waals surface area contributed by atoms with Gasteiger partial charge in [-0.3, -0.25) is 4.79 Å². The SMILES string of the molecule is CC(C)[C@@H]1CC[C@@H](C)C[C@H]1OC(=O)[C@@]1(C)C=CO[C@H]1/C=C/c1ccccc1. The van der Waals surface area contributed by atoms with Crippen molar-refractivity contribution in [3.05, 3.63) is 54.3 Å². The third-order valence-corrected chi connectivity index (χ3v) is 6.15. The van der Waals surface area contributed by atoms with E-state index in [0.29, 0.717) is 17.8 Å². The number of esters is 1. The average molecular weight is 369 g/mol. The van der Waals surface area contributed by atoms with Gasteiger partial charge in [-0.15, -0.1) is 0 Å². The van der Waals surface area contributed by atoms with E-state index >= 15 is 0 Å². The zero-order chi connectivity index (χ0) is 19.4. The molecule has 0 spiro atoms. The molecule has 0 unspecified atom stereocenters. The maximum Gasteiger partial charge on any atom is 0.320 e. The van der Waals surface area contributed by atoms with E-state index in [4.69, 9.17) is 9.47 Å². The zero-order valence-electron chi connectivity index (χ0n) is 16.9. The van der Waals surface area contributed by atoms with Crippen LogP contribution >= 0.6 is 0 Å². The predicted molar refractivity (Wildman–Crippen MR) is 109 cm³/mol. The van der Waals surface area contributed by atoms with Crippen LogP contribution in [0.25, 0.3) is 6.08 Å². The second-order valence-corrected chi connectivity index (χ2v) is 8.68. The van der Waals surface area contributed by atoms with E-state index in [1.54, 1.807) is 6.26 Å². The molecule has 0 N–H and O–H groups in total.